The highest BCUT2D eigenvalue weighted by molar-refractivity contribution is 5.83. The van der Waals surface area contributed by atoms with Gasteiger partial charge in [0.2, 0.25) is 11.8 Å². The molecule has 0 spiro atoms. The monoisotopic (exact) mass is 700 g/mol. The van der Waals surface area contributed by atoms with Crippen molar-refractivity contribution in [1.29, 1.82) is 0 Å². The molecule has 0 saturated carbocycles. The van der Waals surface area contributed by atoms with Gasteiger partial charge in [-0.1, -0.05) is 33.8 Å². The zero-order chi connectivity index (χ0) is 37.1. The number of rotatable bonds is 25. The molecule has 0 bridgehead atoms. The average Bonchev–Trinajstić information content (AvgIpc) is 3.03. The van der Waals surface area contributed by atoms with Gasteiger partial charge in [0, 0.05) is 39.0 Å². The lowest BCUT2D eigenvalue weighted by atomic mass is 9.80. The van der Waals surface area contributed by atoms with E-state index in [1.54, 1.807) is 28.1 Å². The Kier molecular flexibility index (Phi) is 20.1. The van der Waals surface area contributed by atoms with Crippen molar-refractivity contribution < 1.29 is 53.7 Å². The predicted molar refractivity (Wildman–Crippen MR) is 181 cm³/mol. The molecular formula is C34H60N4O11. The summed E-state index contributed by atoms with van der Waals surface area (Å²) in [6.07, 6.45) is -0.0201. The molecule has 1 aromatic rings. The lowest BCUT2D eigenvalue weighted by Gasteiger charge is -2.32. The number of carbonyl (C=O) groups is 3. The molecule has 0 aliphatic carbocycles. The number of nitrogens with two attached hydrogens (primary N) is 1. The van der Waals surface area contributed by atoms with Crippen LogP contribution < -0.4 is 25.8 Å². The van der Waals surface area contributed by atoms with E-state index in [2.05, 4.69) is 29.3 Å². The molecule has 15 nitrogen and oxygen atoms in total. The highest BCUT2D eigenvalue weighted by Crippen LogP contribution is 2.32. The number of aliphatic hydroxyl groups excluding tert-OH is 1. The number of hydrogen-bond acceptors (Lipinski definition) is 12. The fourth-order valence-electron chi connectivity index (χ4n) is 5.07. The predicted octanol–water partition coefficient (Wildman–Crippen LogP) is 3.46. The number of nitrogens with zero attached hydrogens (tertiary/aromatic N) is 1. The van der Waals surface area contributed by atoms with Gasteiger partial charge in [0.05, 0.1) is 49.9 Å². The topological polar surface area (TPSA) is 211 Å². The van der Waals surface area contributed by atoms with Gasteiger partial charge in [-0.25, -0.2) is 4.79 Å². The van der Waals surface area contributed by atoms with Gasteiger partial charge in [0.25, 0.3) is 0 Å². The summed E-state index contributed by atoms with van der Waals surface area (Å²) >= 11 is 0. The molecule has 7 N–H and O–H groups in total. The summed E-state index contributed by atoms with van der Waals surface area (Å²) < 4.78 is 21.9. The van der Waals surface area contributed by atoms with Crippen LogP contribution in [-0.4, -0.2) is 98.2 Å². The number of primary amides is 1. The Morgan fingerprint density at radius 3 is 2.18 bits per heavy atom. The van der Waals surface area contributed by atoms with Gasteiger partial charge in [-0.05, 0) is 68.6 Å². The summed E-state index contributed by atoms with van der Waals surface area (Å²) in [5.74, 6) is -0.348. The van der Waals surface area contributed by atoms with Crippen molar-refractivity contribution in [2.45, 2.75) is 85.8 Å². The summed E-state index contributed by atoms with van der Waals surface area (Å²) in [6, 6.07) is 4.95. The van der Waals surface area contributed by atoms with Crippen LogP contribution >= 0.6 is 0 Å². The van der Waals surface area contributed by atoms with E-state index in [-0.39, 0.29) is 56.3 Å². The van der Waals surface area contributed by atoms with Gasteiger partial charge in [-0.2, -0.15) is 0 Å². The molecule has 1 aromatic carbocycles. The van der Waals surface area contributed by atoms with Gasteiger partial charge in [0.1, 0.15) is 0 Å². The van der Waals surface area contributed by atoms with E-state index in [0.717, 1.165) is 5.56 Å². The van der Waals surface area contributed by atoms with Crippen molar-refractivity contribution in [3.63, 3.8) is 0 Å². The molecule has 15 heteroatoms. The fourth-order valence-corrected chi connectivity index (χ4v) is 5.07. The number of aliphatic hydroxyl groups is 1. The van der Waals surface area contributed by atoms with Crippen LogP contribution in [0.4, 0.5) is 4.79 Å². The Morgan fingerprint density at radius 1 is 0.939 bits per heavy atom. The van der Waals surface area contributed by atoms with Gasteiger partial charge >= 0.3 is 6.09 Å². The maximum Gasteiger partial charge on any atom is 0.407 e. The second-order valence-electron chi connectivity index (χ2n) is 13.6. The van der Waals surface area contributed by atoms with Crippen LogP contribution in [0.5, 0.6) is 11.5 Å². The third-order valence-electron chi connectivity index (χ3n) is 8.48. The Morgan fingerprint density at radius 2 is 1.61 bits per heavy atom. The SMILES string of the molecule is COCCCOc1cc(CC(CC(NC(=O)OCCCON(O)O)C(O)CC(C(=O)NCC(C)(C)C(N)=O)C(C)C)C(C)C)ccc1OC. The van der Waals surface area contributed by atoms with E-state index in [9.17, 15) is 19.5 Å². The highest BCUT2D eigenvalue weighted by Gasteiger charge is 2.34. The van der Waals surface area contributed by atoms with Gasteiger partial charge in [0.15, 0.2) is 11.5 Å². The lowest BCUT2D eigenvalue weighted by Crippen LogP contribution is -2.49. The van der Waals surface area contributed by atoms with Crippen molar-refractivity contribution in [2.75, 3.05) is 47.2 Å². The van der Waals surface area contributed by atoms with Crippen molar-refractivity contribution >= 4 is 17.9 Å². The molecule has 0 saturated heterocycles. The van der Waals surface area contributed by atoms with Crippen LogP contribution in [0.25, 0.3) is 0 Å². The summed E-state index contributed by atoms with van der Waals surface area (Å²) in [5, 5.41) is 34.1. The molecule has 3 amide bonds. The Hall–Kier alpha value is -3.21. The first-order valence-electron chi connectivity index (χ1n) is 16.8. The van der Waals surface area contributed by atoms with E-state index in [1.165, 1.54) is 0 Å². The van der Waals surface area contributed by atoms with Crippen molar-refractivity contribution in [3.05, 3.63) is 23.8 Å². The molecule has 282 valence electrons. The molecule has 4 atom stereocenters. The lowest BCUT2D eigenvalue weighted by molar-refractivity contribution is -0.492. The third kappa shape index (κ3) is 16.8. The summed E-state index contributed by atoms with van der Waals surface area (Å²) in [4.78, 5) is 42.5. The van der Waals surface area contributed by atoms with Crippen LogP contribution in [0.1, 0.15) is 72.8 Å². The number of ether oxygens (including phenoxy) is 4. The summed E-state index contributed by atoms with van der Waals surface area (Å²) in [7, 11) is 3.21. The molecule has 0 fully saturated rings. The van der Waals surface area contributed by atoms with Crippen LogP contribution in [0, 0.1) is 29.1 Å². The minimum Gasteiger partial charge on any atom is -0.493 e. The first kappa shape index (κ1) is 43.8. The number of hydrogen-bond donors (Lipinski definition) is 6. The molecule has 0 aromatic heterocycles. The maximum atomic E-state index is 13.3. The van der Waals surface area contributed by atoms with Gasteiger partial charge in [-0.3, -0.25) is 24.8 Å². The Bertz CT molecular complexity index is 1130. The molecule has 0 heterocycles. The van der Waals surface area contributed by atoms with Crippen LogP contribution in [0.15, 0.2) is 18.2 Å². The molecule has 1 rings (SSSR count). The minimum absolute atomic E-state index is 0.0223. The smallest absolute Gasteiger partial charge is 0.407 e. The zero-order valence-electron chi connectivity index (χ0n) is 30.4. The van der Waals surface area contributed by atoms with Gasteiger partial charge in [-0.15, -0.1) is 0 Å². The van der Waals surface area contributed by atoms with Crippen molar-refractivity contribution in [1.82, 2.24) is 16.0 Å². The molecular weight excluding hydrogens is 640 g/mol. The molecule has 0 aliphatic rings. The minimum atomic E-state index is -1.13. The quantitative estimate of drug-likeness (QED) is 0.0640. The summed E-state index contributed by atoms with van der Waals surface area (Å²) in [6.45, 7) is 12.0. The first-order chi connectivity index (χ1) is 23.0. The van der Waals surface area contributed by atoms with Gasteiger partial charge < -0.3 is 40.4 Å². The average molecular weight is 701 g/mol. The van der Waals surface area contributed by atoms with E-state index < -0.39 is 40.9 Å². The molecule has 49 heavy (non-hydrogen) atoms. The number of alkyl carbamates (subject to hydrolysis) is 1. The standard InChI is InChI=1S/C34H60N4O11/c1-22(2)25(17-24-11-12-29(46-8)30(18-24)47-14-9-13-45-7)19-27(37-33(42)48-15-10-16-49-38(43)44)28(39)20-26(23(3)4)31(40)36-21-34(5,6)32(35)41/h11-12,18,22-23,25-28,39,43-44H,9-10,13-17,19-21H2,1-8H3,(H2,35,41)(H,36,40)(H,37,42). The largest absolute Gasteiger partial charge is 0.493 e. The van der Waals surface area contributed by atoms with E-state index in [4.69, 9.17) is 35.1 Å². The first-order valence-corrected chi connectivity index (χ1v) is 16.8. The van der Waals surface area contributed by atoms with Crippen LogP contribution in [0.3, 0.4) is 0 Å². The molecule has 4 unspecified atom stereocenters. The van der Waals surface area contributed by atoms with E-state index in [0.29, 0.717) is 44.0 Å². The normalized spacial score (nSPS) is 14.3. The van der Waals surface area contributed by atoms with Crippen LogP contribution in [-0.2, 0) is 30.3 Å². The number of methoxy groups -OCH3 is 2. The molecule has 0 aliphatic heterocycles. The Labute approximate surface area is 290 Å². The highest BCUT2D eigenvalue weighted by atomic mass is 17.1. The number of carbonyl (C=O) groups excluding carboxylic acids is 3. The second kappa shape index (κ2) is 22.5. The number of benzene rings is 1. The zero-order valence-corrected chi connectivity index (χ0v) is 30.4. The number of nitrogens with one attached hydrogen (secondary N) is 2. The van der Waals surface area contributed by atoms with E-state index in [1.807, 2.05) is 32.0 Å². The van der Waals surface area contributed by atoms with Crippen LogP contribution in [0.2, 0.25) is 0 Å². The van der Waals surface area contributed by atoms with Crippen molar-refractivity contribution in [2.24, 2.45) is 34.8 Å². The summed E-state index contributed by atoms with van der Waals surface area (Å²) in [5.41, 5.74) is 5.50. The van der Waals surface area contributed by atoms with E-state index >= 15 is 0 Å². The Balaban J connectivity index is 3.22. The maximum absolute atomic E-state index is 13.3. The molecule has 0 radical (unpaired) electrons. The number of amides is 3. The second-order valence-corrected chi connectivity index (χ2v) is 13.6. The third-order valence-corrected chi connectivity index (χ3v) is 8.48. The van der Waals surface area contributed by atoms with Crippen molar-refractivity contribution in [3.8, 4) is 11.5 Å². The fraction of sp³-hybridized carbons (Fsp3) is 0.735.